The summed E-state index contributed by atoms with van der Waals surface area (Å²) in [5.41, 5.74) is 0.375. The molecule has 6 nitrogen and oxygen atoms in total. The van der Waals surface area contributed by atoms with Gasteiger partial charge in [-0.3, -0.25) is 14.5 Å². The quantitative estimate of drug-likeness (QED) is 0.930. The van der Waals surface area contributed by atoms with Crippen LogP contribution in [0.5, 0.6) is 0 Å². The molecule has 0 fully saturated rings. The van der Waals surface area contributed by atoms with Gasteiger partial charge in [0, 0.05) is 12.6 Å². The number of nitrogens with zero attached hydrogens (tertiary/aromatic N) is 1. The van der Waals surface area contributed by atoms with Gasteiger partial charge in [-0.15, -0.1) is 0 Å². The van der Waals surface area contributed by atoms with Gasteiger partial charge < -0.3 is 9.73 Å². The van der Waals surface area contributed by atoms with E-state index in [1.807, 2.05) is 0 Å². The van der Waals surface area contributed by atoms with Crippen molar-refractivity contribution < 1.29 is 18.8 Å². The van der Waals surface area contributed by atoms with Crippen molar-refractivity contribution in [3.05, 3.63) is 60.1 Å². The first kappa shape index (κ1) is 14.5. The number of hydrogen-bond donors (Lipinski definition) is 1. The average molecular weight is 285 g/mol. The Morgan fingerprint density at radius 1 is 1.19 bits per heavy atom. The van der Waals surface area contributed by atoms with E-state index in [4.69, 9.17) is 4.42 Å². The number of hydrogen-bond acceptors (Lipinski definition) is 4. The molecule has 0 aliphatic carbocycles. The molecule has 1 aromatic carbocycles. The first-order chi connectivity index (χ1) is 10.1. The fourth-order valence-electron chi connectivity index (χ4n) is 1.70. The van der Waals surface area contributed by atoms with Crippen LogP contribution in [0.2, 0.25) is 0 Å². The van der Waals surface area contributed by atoms with Crippen LogP contribution in [-0.4, -0.2) is 30.2 Å². The van der Waals surface area contributed by atoms with Crippen molar-refractivity contribution in [2.45, 2.75) is 6.04 Å². The zero-order valence-corrected chi connectivity index (χ0v) is 11.3. The molecular formula is C15H13N2O4. The van der Waals surface area contributed by atoms with E-state index in [1.54, 1.807) is 42.7 Å². The number of amides is 3. The van der Waals surface area contributed by atoms with Gasteiger partial charge in [-0.05, 0) is 24.3 Å². The van der Waals surface area contributed by atoms with Gasteiger partial charge in [0.15, 0.2) is 6.04 Å². The number of benzene rings is 1. The van der Waals surface area contributed by atoms with Crippen LogP contribution >= 0.6 is 0 Å². The van der Waals surface area contributed by atoms with Crippen LogP contribution in [0.15, 0.2) is 53.1 Å². The Bertz CT molecular complexity index is 622. The van der Waals surface area contributed by atoms with E-state index in [0.29, 0.717) is 5.56 Å². The van der Waals surface area contributed by atoms with Gasteiger partial charge in [-0.25, -0.2) is 4.79 Å². The zero-order chi connectivity index (χ0) is 15.2. The Balaban J connectivity index is 2.06. The molecule has 0 aliphatic rings. The molecule has 2 aromatic rings. The van der Waals surface area contributed by atoms with Gasteiger partial charge in [0.1, 0.15) is 5.76 Å². The molecule has 1 aromatic heterocycles. The Labute approximate surface area is 121 Å². The van der Waals surface area contributed by atoms with Crippen LogP contribution in [0.3, 0.4) is 0 Å². The lowest BCUT2D eigenvalue weighted by atomic mass is 10.2. The topological polar surface area (TPSA) is 79.6 Å². The Kier molecular flexibility index (Phi) is 4.50. The smallest absolute Gasteiger partial charge is 0.325 e. The van der Waals surface area contributed by atoms with E-state index in [0.717, 1.165) is 4.90 Å². The maximum Gasteiger partial charge on any atom is 0.325 e. The molecule has 0 bridgehead atoms. The lowest BCUT2D eigenvalue weighted by Gasteiger charge is -2.18. The van der Waals surface area contributed by atoms with Gasteiger partial charge in [-0.1, -0.05) is 18.2 Å². The molecule has 1 atom stereocenters. The van der Waals surface area contributed by atoms with Crippen molar-refractivity contribution in [1.82, 2.24) is 10.2 Å². The maximum absolute atomic E-state index is 12.1. The highest BCUT2D eigenvalue weighted by Gasteiger charge is 2.23. The number of urea groups is 1. The molecule has 107 valence electrons. The van der Waals surface area contributed by atoms with Crippen LogP contribution in [0.25, 0.3) is 0 Å². The minimum absolute atomic E-state index is 0.249. The highest BCUT2D eigenvalue weighted by molar-refractivity contribution is 6.04. The second kappa shape index (κ2) is 6.51. The minimum Gasteiger partial charge on any atom is -0.467 e. The first-order valence-electron chi connectivity index (χ1n) is 6.18. The number of nitrogens with one attached hydrogen (secondary N) is 1. The van der Waals surface area contributed by atoms with E-state index in [1.165, 1.54) is 19.4 Å². The summed E-state index contributed by atoms with van der Waals surface area (Å²) in [6, 6.07) is 9.72. The third kappa shape index (κ3) is 3.36. The predicted molar refractivity (Wildman–Crippen MR) is 74.2 cm³/mol. The summed E-state index contributed by atoms with van der Waals surface area (Å²) in [5, 5.41) is 2.37. The number of carbonyl (C=O) groups is 2. The number of furan rings is 1. The number of carbonyl (C=O) groups excluding carboxylic acids is 3. The highest BCUT2D eigenvalue weighted by Crippen LogP contribution is 2.12. The van der Waals surface area contributed by atoms with Crippen LogP contribution in [0, 0.1) is 0 Å². The van der Waals surface area contributed by atoms with Crippen molar-refractivity contribution in [3.8, 4) is 0 Å². The van der Waals surface area contributed by atoms with Crippen molar-refractivity contribution in [3.63, 3.8) is 0 Å². The van der Waals surface area contributed by atoms with Gasteiger partial charge in [0.05, 0.1) is 6.26 Å². The van der Waals surface area contributed by atoms with Gasteiger partial charge in [-0.2, -0.15) is 0 Å². The predicted octanol–water partition coefficient (Wildman–Crippen LogP) is 1.91. The van der Waals surface area contributed by atoms with Crippen molar-refractivity contribution in [2.24, 2.45) is 0 Å². The van der Waals surface area contributed by atoms with E-state index in [-0.39, 0.29) is 5.76 Å². The molecule has 6 heteroatoms. The average Bonchev–Trinajstić information content (AvgIpc) is 3.06. The van der Waals surface area contributed by atoms with Gasteiger partial charge in [0.25, 0.3) is 5.91 Å². The van der Waals surface area contributed by atoms with Crippen molar-refractivity contribution in [2.75, 3.05) is 7.05 Å². The maximum atomic E-state index is 12.1. The van der Waals surface area contributed by atoms with Crippen molar-refractivity contribution in [1.29, 1.82) is 0 Å². The molecule has 0 spiro atoms. The molecule has 1 N–H and O–H groups in total. The van der Waals surface area contributed by atoms with E-state index < -0.39 is 18.0 Å². The molecule has 1 radical (unpaired) electrons. The molecule has 0 aliphatic heterocycles. The molecule has 1 unspecified atom stereocenters. The minimum atomic E-state index is -1.06. The molecule has 0 saturated carbocycles. The monoisotopic (exact) mass is 285 g/mol. The number of rotatable bonds is 4. The summed E-state index contributed by atoms with van der Waals surface area (Å²) >= 11 is 0. The summed E-state index contributed by atoms with van der Waals surface area (Å²) in [6.45, 7) is 0. The van der Waals surface area contributed by atoms with Crippen LogP contribution < -0.4 is 5.32 Å². The number of imide groups is 1. The molecule has 2 rings (SSSR count). The second-order valence-electron chi connectivity index (χ2n) is 4.25. The summed E-state index contributed by atoms with van der Waals surface area (Å²) in [6.07, 6.45) is 3.03. The molecule has 1 heterocycles. The summed E-state index contributed by atoms with van der Waals surface area (Å²) in [4.78, 5) is 35.9. The lowest BCUT2D eigenvalue weighted by Crippen LogP contribution is -2.43. The lowest BCUT2D eigenvalue weighted by molar-refractivity contribution is 0.0829. The summed E-state index contributed by atoms with van der Waals surface area (Å²) in [5.74, 6) is -0.226. The van der Waals surface area contributed by atoms with Crippen LogP contribution in [-0.2, 0) is 4.79 Å². The largest absolute Gasteiger partial charge is 0.467 e. The third-order valence-electron chi connectivity index (χ3n) is 2.84. The van der Waals surface area contributed by atoms with Crippen molar-refractivity contribution >= 4 is 18.2 Å². The molecule has 21 heavy (non-hydrogen) atoms. The SMILES string of the molecule is CN(C(=O)NC([C]=O)c1ccco1)C(=O)c1ccccc1. The standard InChI is InChI=1S/C15H13N2O4/c1-17(14(19)11-6-3-2-4-7-11)15(20)16-12(10-18)13-8-5-9-21-13/h2-9,12H,1H3,(H,16,20). The summed E-state index contributed by atoms with van der Waals surface area (Å²) in [7, 11) is 1.33. The molecular weight excluding hydrogens is 272 g/mol. The first-order valence-corrected chi connectivity index (χ1v) is 6.18. The third-order valence-corrected chi connectivity index (χ3v) is 2.84. The van der Waals surface area contributed by atoms with Gasteiger partial charge >= 0.3 is 6.03 Å². The zero-order valence-electron chi connectivity index (χ0n) is 11.3. The van der Waals surface area contributed by atoms with Crippen LogP contribution in [0.4, 0.5) is 4.79 Å². The highest BCUT2D eigenvalue weighted by atomic mass is 16.3. The summed E-state index contributed by atoms with van der Waals surface area (Å²) < 4.78 is 5.03. The Hall–Kier alpha value is -2.89. The van der Waals surface area contributed by atoms with E-state index in [2.05, 4.69) is 5.32 Å². The fourth-order valence-corrected chi connectivity index (χ4v) is 1.70. The Morgan fingerprint density at radius 3 is 2.48 bits per heavy atom. The van der Waals surface area contributed by atoms with Crippen LogP contribution in [0.1, 0.15) is 22.2 Å². The molecule has 0 saturated heterocycles. The normalized spacial score (nSPS) is 11.5. The molecule has 3 amide bonds. The second-order valence-corrected chi connectivity index (χ2v) is 4.25. The van der Waals surface area contributed by atoms with E-state index in [9.17, 15) is 14.4 Å². The van der Waals surface area contributed by atoms with Gasteiger partial charge in [0.2, 0.25) is 6.29 Å². The van der Waals surface area contributed by atoms with E-state index >= 15 is 0 Å². The Morgan fingerprint density at radius 2 is 1.90 bits per heavy atom. The fraction of sp³-hybridized carbons (Fsp3) is 0.133.